The molecule has 0 bridgehead atoms. The molecule has 4 rings (SSSR count). The molecule has 2 aromatic heterocycles. The van der Waals surface area contributed by atoms with Gasteiger partial charge in [0, 0.05) is 44.1 Å². The molecule has 0 unspecified atom stereocenters. The number of halogens is 1. The second-order valence-electron chi connectivity index (χ2n) is 7.13. The summed E-state index contributed by atoms with van der Waals surface area (Å²) in [6, 6.07) is 12.8. The van der Waals surface area contributed by atoms with Crippen LogP contribution in [0.25, 0.3) is 5.69 Å². The third-order valence-corrected chi connectivity index (χ3v) is 5.16. The molecule has 0 aliphatic carbocycles. The number of anilines is 1. The van der Waals surface area contributed by atoms with Gasteiger partial charge in [-0.05, 0) is 31.2 Å². The van der Waals surface area contributed by atoms with Crippen LogP contribution in [0.3, 0.4) is 0 Å². The molecule has 31 heavy (non-hydrogen) atoms. The van der Waals surface area contributed by atoms with Crippen molar-refractivity contribution >= 4 is 11.7 Å². The summed E-state index contributed by atoms with van der Waals surface area (Å²) >= 11 is 0. The van der Waals surface area contributed by atoms with Crippen molar-refractivity contribution in [3.63, 3.8) is 0 Å². The van der Waals surface area contributed by atoms with Crippen LogP contribution in [0.5, 0.6) is 0 Å². The third-order valence-electron chi connectivity index (χ3n) is 5.16. The number of hydrogen-bond acceptors (Lipinski definition) is 6. The lowest BCUT2D eigenvalue weighted by Gasteiger charge is -2.35. The van der Waals surface area contributed by atoms with Gasteiger partial charge in [-0.2, -0.15) is 10.4 Å². The Bertz CT molecular complexity index is 1240. The van der Waals surface area contributed by atoms with E-state index in [4.69, 9.17) is 0 Å². The van der Waals surface area contributed by atoms with Crippen molar-refractivity contribution < 1.29 is 9.18 Å². The van der Waals surface area contributed by atoms with Crippen molar-refractivity contribution in [3.8, 4) is 11.8 Å². The molecular formula is C22H19FN6O2. The Hall–Kier alpha value is -4.06. The van der Waals surface area contributed by atoms with Gasteiger partial charge in [0.25, 0.3) is 5.91 Å². The molecule has 1 aliphatic rings. The maximum Gasteiger partial charge on any atom is 0.278 e. The van der Waals surface area contributed by atoms with Crippen LogP contribution in [-0.2, 0) is 0 Å². The first-order chi connectivity index (χ1) is 15.0. The van der Waals surface area contributed by atoms with Crippen LogP contribution in [-0.4, -0.2) is 51.8 Å². The van der Waals surface area contributed by atoms with E-state index < -0.39 is 17.2 Å². The zero-order valence-corrected chi connectivity index (χ0v) is 16.8. The molecular weight excluding hydrogens is 399 g/mol. The van der Waals surface area contributed by atoms with Gasteiger partial charge in [-0.25, -0.2) is 14.1 Å². The van der Waals surface area contributed by atoms with E-state index >= 15 is 0 Å². The number of aryl methyl sites for hydroxylation is 1. The highest BCUT2D eigenvalue weighted by atomic mass is 19.1. The van der Waals surface area contributed by atoms with E-state index in [1.807, 2.05) is 4.90 Å². The monoisotopic (exact) mass is 418 g/mol. The molecule has 3 aromatic rings. The lowest BCUT2D eigenvalue weighted by atomic mass is 10.2. The summed E-state index contributed by atoms with van der Waals surface area (Å²) in [7, 11) is 0. The minimum absolute atomic E-state index is 0.165. The van der Waals surface area contributed by atoms with Crippen LogP contribution in [0.1, 0.15) is 21.7 Å². The highest BCUT2D eigenvalue weighted by molar-refractivity contribution is 5.92. The van der Waals surface area contributed by atoms with E-state index in [1.54, 1.807) is 37.4 Å². The maximum absolute atomic E-state index is 14.2. The summed E-state index contributed by atoms with van der Waals surface area (Å²) in [5, 5.41) is 13.5. The Morgan fingerprint density at radius 2 is 1.87 bits per heavy atom. The lowest BCUT2D eigenvalue weighted by Crippen LogP contribution is -2.50. The number of benzene rings is 1. The van der Waals surface area contributed by atoms with Gasteiger partial charge in [0.2, 0.25) is 5.43 Å². The van der Waals surface area contributed by atoms with E-state index in [1.165, 1.54) is 27.8 Å². The first-order valence-corrected chi connectivity index (χ1v) is 9.75. The fraction of sp³-hybridized carbons (Fsp3) is 0.227. The van der Waals surface area contributed by atoms with Gasteiger partial charge in [-0.15, -0.1) is 0 Å². The number of rotatable bonds is 3. The molecule has 0 N–H and O–H groups in total. The van der Waals surface area contributed by atoms with Crippen LogP contribution < -0.4 is 10.3 Å². The number of hydrogen-bond donors (Lipinski definition) is 0. The minimum atomic E-state index is -0.506. The SMILES string of the molecule is Cc1cc(=O)c(C(=O)N2CCN(c3ncccc3C#N)CC2)nn1-c1ccccc1F. The van der Waals surface area contributed by atoms with E-state index in [0.29, 0.717) is 43.3 Å². The van der Waals surface area contributed by atoms with Crippen LogP contribution in [0, 0.1) is 24.1 Å². The lowest BCUT2D eigenvalue weighted by molar-refractivity contribution is 0.0737. The number of carbonyl (C=O) groups excluding carboxylic acids is 1. The zero-order chi connectivity index (χ0) is 22.0. The molecule has 1 saturated heterocycles. The average molecular weight is 418 g/mol. The molecule has 0 saturated carbocycles. The Kier molecular flexibility index (Phi) is 5.45. The Balaban J connectivity index is 1.57. The Morgan fingerprint density at radius 3 is 2.58 bits per heavy atom. The highest BCUT2D eigenvalue weighted by Crippen LogP contribution is 2.19. The Morgan fingerprint density at radius 1 is 1.13 bits per heavy atom. The molecule has 1 amide bonds. The number of amides is 1. The normalized spacial score (nSPS) is 13.7. The molecule has 0 radical (unpaired) electrons. The predicted octanol–water partition coefficient (Wildman–Crippen LogP) is 1.91. The van der Waals surface area contributed by atoms with Gasteiger partial charge in [0.05, 0.1) is 5.56 Å². The van der Waals surface area contributed by atoms with E-state index in [2.05, 4.69) is 16.2 Å². The summed E-state index contributed by atoms with van der Waals surface area (Å²) in [5.41, 5.74) is 0.302. The Labute approximate surface area is 177 Å². The van der Waals surface area contributed by atoms with Gasteiger partial charge < -0.3 is 9.80 Å². The van der Waals surface area contributed by atoms with Crippen molar-refractivity contribution in [1.29, 1.82) is 5.26 Å². The zero-order valence-electron chi connectivity index (χ0n) is 16.8. The van der Waals surface area contributed by atoms with Gasteiger partial charge in [0.1, 0.15) is 23.4 Å². The number of pyridine rings is 1. The number of para-hydroxylation sites is 1. The second kappa shape index (κ2) is 8.36. The molecule has 8 nitrogen and oxygen atoms in total. The second-order valence-corrected chi connectivity index (χ2v) is 7.13. The fourth-order valence-corrected chi connectivity index (χ4v) is 3.57. The molecule has 1 fully saturated rings. The quantitative estimate of drug-likeness (QED) is 0.645. The van der Waals surface area contributed by atoms with E-state index in [0.717, 1.165) is 0 Å². The van der Waals surface area contributed by atoms with Gasteiger partial charge in [-0.3, -0.25) is 9.59 Å². The first kappa shape index (κ1) is 20.2. The number of nitriles is 1. The van der Waals surface area contributed by atoms with Crippen LogP contribution in [0.2, 0.25) is 0 Å². The highest BCUT2D eigenvalue weighted by Gasteiger charge is 2.27. The molecule has 3 heterocycles. The third kappa shape index (κ3) is 3.88. The number of carbonyl (C=O) groups is 1. The summed E-state index contributed by atoms with van der Waals surface area (Å²) < 4.78 is 15.5. The van der Waals surface area contributed by atoms with E-state index in [9.17, 15) is 19.2 Å². The van der Waals surface area contributed by atoms with Crippen molar-refractivity contribution in [2.24, 2.45) is 0 Å². The summed E-state index contributed by atoms with van der Waals surface area (Å²) in [6.07, 6.45) is 1.62. The van der Waals surface area contributed by atoms with Crippen LogP contribution in [0.4, 0.5) is 10.2 Å². The molecule has 0 atom stereocenters. The van der Waals surface area contributed by atoms with Crippen LogP contribution >= 0.6 is 0 Å². The molecule has 0 spiro atoms. The summed E-state index contributed by atoms with van der Waals surface area (Å²) in [4.78, 5) is 33.3. The summed E-state index contributed by atoms with van der Waals surface area (Å²) in [5.74, 6) is -0.429. The summed E-state index contributed by atoms with van der Waals surface area (Å²) in [6.45, 7) is 3.24. The number of aromatic nitrogens is 3. The smallest absolute Gasteiger partial charge is 0.278 e. The number of piperazine rings is 1. The minimum Gasteiger partial charge on any atom is -0.352 e. The first-order valence-electron chi connectivity index (χ1n) is 9.75. The van der Waals surface area contributed by atoms with Crippen molar-refractivity contribution in [2.45, 2.75) is 6.92 Å². The standard InChI is InChI=1S/C22H19FN6O2/c1-15-13-19(30)20(26-29(15)18-7-3-2-6-17(18)23)22(31)28-11-9-27(10-12-28)21-16(14-24)5-4-8-25-21/h2-8,13H,9-12H2,1H3. The molecule has 1 aromatic carbocycles. The fourth-order valence-electron chi connectivity index (χ4n) is 3.57. The van der Waals surface area contributed by atoms with Gasteiger partial charge >= 0.3 is 0 Å². The largest absolute Gasteiger partial charge is 0.352 e. The number of nitrogens with zero attached hydrogens (tertiary/aromatic N) is 6. The van der Waals surface area contributed by atoms with Crippen molar-refractivity contribution in [3.05, 3.63) is 81.7 Å². The van der Waals surface area contributed by atoms with Crippen molar-refractivity contribution in [1.82, 2.24) is 19.7 Å². The van der Waals surface area contributed by atoms with E-state index in [-0.39, 0.29) is 11.4 Å². The molecule has 156 valence electrons. The maximum atomic E-state index is 14.2. The van der Waals surface area contributed by atoms with Gasteiger partial charge in [0.15, 0.2) is 5.69 Å². The molecule has 9 heteroatoms. The topological polar surface area (TPSA) is 95.1 Å². The van der Waals surface area contributed by atoms with Crippen LogP contribution in [0.15, 0.2) is 53.5 Å². The predicted molar refractivity (Wildman–Crippen MR) is 112 cm³/mol. The molecule has 1 aliphatic heterocycles. The average Bonchev–Trinajstić information content (AvgIpc) is 2.79. The van der Waals surface area contributed by atoms with Crippen molar-refractivity contribution in [2.75, 3.05) is 31.1 Å². The van der Waals surface area contributed by atoms with Gasteiger partial charge in [-0.1, -0.05) is 12.1 Å².